The molecule has 1 saturated carbocycles. The molecule has 0 heterocycles. The average Bonchev–Trinajstić information content (AvgIpc) is 3.60. The van der Waals surface area contributed by atoms with E-state index < -0.39 is 33.4 Å². The van der Waals surface area contributed by atoms with Crippen LogP contribution in [-0.4, -0.2) is 48.7 Å². The Kier molecular flexibility index (Phi) is 11.0. The van der Waals surface area contributed by atoms with Crippen LogP contribution in [-0.2, 0) is 32.6 Å². The fourth-order valence-electron chi connectivity index (χ4n) is 5.72. The van der Waals surface area contributed by atoms with Gasteiger partial charge in [-0.05, 0) is 54.3 Å². The van der Waals surface area contributed by atoms with Crippen LogP contribution in [0.3, 0.4) is 0 Å². The van der Waals surface area contributed by atoms with E-state index in [1.54, 1.807) is 18.2 Å². The number of rotatable bonds is 13. The van der Waals surface area contributed by atoms with Crippen LogP contribution >= 0.6 is 15.9 Å². The van der Waals surface area contributed by atoms with Crippen LogP contribution in [0, 0.1) is 10.1 Å². The van der Waals surface area contributed by atoms with Gasteiger partial charge in [-0.15, -0.1) is 0 Å². The summed E-state index contributed by atoms with van der Waals surface area (Å²) in [4.78, 5) is 41.0. The third-order valence-corrected chi connectivity index (χ3v) is 10.5. The predicted octanol–water partition coefficient (Wildman–Crippen LogP) is 6.25. The van der Waals surface area contributed by atoms with Crippen molar-refractivity contribution in [3.63, 3.8) is 0 Å². The topological polar surface area (TPSA) is 130 Å². The van der Waals surface area contributed by atoms with Gasteiger partial charge < -0.3 is 10.2 Å². The zero-order valence-corrected chi connectivity index (χ0v) is 28.0. The van der Waals surface area contributed by atoms with E-state index in [0.717, 1.165) is 51.7 Å². The van der Waals surface area contributed by atoms with E-state index >= 15 is 0 Å². The number of non-ortho nitro benzene ring substituents is 1. The molecule has 1 aliphatic carbocycles. The summed E-state index contributed by atoms with van der Waals surface area (Å²) in [5, 5.41) is 14.8. The number of hydrogen-bond donors (Lipinski definition) is 1. The quantitative estimate of drug-likeness (QED) is 0.129. The largest absolute Gasteiger partial charge is 0.352 e. The lowest BCUT2D eigenvalue weighted by Gasteiger charge is -2.34. The normalized spacial score (nSPS) is 13.9. The highest BCUT2D eigenvalue weighted by Crippen LogP contribution is 2.28. The van der Waals surface area contributed by atoms with Crippen molar-refractivity contribution in [3.8, 4) is 0 Å². The summed E-state index contributed by atoms with van der Waals surface area (Å²) in [5.74, 6) is -0.958. The molecule has 1 N–H and O–H groups in total. The van der Waals surface area contributed by atoms with E-state index in [4.69, 9.17) is 0 Å². The van der Waals surface area contributed by atoms with Gasteiger partial charge in [-0.3, -0.25) is 24.0 Å². The van der Waals surface area contributed by atoms with Gasteiger partial charge in [-0.2, -0.15) is 0 Å². The zero-order valence-electron chi connectivity index (χ0n) is 25.6. The number of carbonyl (C=O) groups is 2. The second-order valence-corrected chi connectivity index (χ2v) is 14.2. The third-order valence-electron chi connectivity index (χ3n) is 8.18. The van der Waals surface area contributed by atoms with Crippen molar-refractivity contribution in [2.45, 2.75) is 55.6 Å². The minimum atomic E-state index is -4.37. The van der Waals surface area contributed by atoms with Gasteiger partial charge in [0.05, 0.1) is 15.5 Å². The Morgan fingerprint density at radius 3 is 2.15 bits per heavy atom. The number of halogens is 1. The van der Waals surface area contributed by atoms with Crippen molar-refractivity contribution in [3.05, 3.63) is 135 Å². The molecular formula is C35H35BrN4O6S. The van der Waals surface area contributed by atoms with Crippen LogP contribution in [0.1, 0.15) is 36.8 Å². The third kappa shape index (κ3) is 8.63. The van der Waals surface area contributed by atoms with Crippen LogP contribution < -0.4 is 9.62 Å². The maximum atomic E-state index is 14.6. The van der Waals surface area contributed by atoms with Gasteiger partial charge in [0, 0.05) is 35.6 Å². The molecule has 2 amide bonds. The Hall–Kier alpha value is -4.55. The van der Waals surface area contributed by atoms with Crippen LogP contribution in [0.15, 0.2) is 119 Å². The van der Waals surface area contributed by atoms with E-state index in [0.29, 0.717) is 0 Å². The summed E-state index contributed by atoms with van der Waals surface area (Å²) in [6.45, 7) is -0.674. The van der Waals surface area contributed by atoms with Crippen molar-refractivity contribution in [2.24, 2.45) is 0 Å². The van der Waals surface area contributed by atoms with E-state index in [2.05, 4.69) is 21.2 Å². The Bertz CT molecular complexity index is 1800. The molecule has 0 saturated heterocycles. The summed E-state index contributed by atoms with van der Waals surface area (Å²) in [5.41, 5.74) is 1.20. The van der Waals surface area contributed by atoms with Gasteiger partial charge in [-0.1, -0.05) is 95.5 Å². The van der Waals surface area contributed by atoms with Gasteiger partial charge in [0.15, 0.2) is 0 Å². The molecule has 10 nitrogen and oxygen atoms in total. The van der Waals surface area contributed by atoms with Crippen molar-refractivity contribution in [2.75, 3.05) is 10.8 Å². The lowest BCUT2D eigenvalue weighted by molar-refractivity contribution is -0.384. The number of anilines is 1. The van der Waals surface area contributed by atoms with Crippen molar-refractivity contribution in [1.82, 2.24) is 10.2 Å². The number of nitro groups is 1. The number of hydrogen-bond acceptors (Lipinski definition) is 6. The molecule has 12 heteroatoms. The molecule has 0 spiro atoms. The summed E-state index contributed by atoms with van der Waals surface area (Å²) in [7, 11) is -4.37. The average molecular weight is 720 g/mol. The Labute approximate surface area is 282 Å². The molecule has 244 valence electrons. The highest BCUT2D eigenvalue weighted by atomic mass is 79.9. The van der Waals surface area contributed by atoms with Crippen LogP contribution in [0.5, 0.6) is 0 Å². The van der Waals surface area contributed by atoms with Crippen molar-refractivity contribution < 1.29 is 22.9 Å². The molecule has 47 heavy (non-hydrogen) atoms. The maximum Gasteiger partial charge on any atom is 0.271 e. The van der Waals surface area contributed by atoms with Gasteiger partial charge in [0.1, 0.15) is 12.6 Å². The molecule has 0 aliphatic heterocycles. The van der Waals surface area contributed by atoms with Gasteiger partial charge in [0.25, 0.3) is 15.7 Å². The number of nitrogens with one attached hydrogen (secondary N) is 1. The van der Waals surface area contributed by atoms with Crippen LogP contribution in [0.4, 0.5) is 11.4 Å². The van der Waals surface area contributed by atoms with Gasteiger partial charge in [0.2, 0.25) is 11.8 Å². The Morgan fingerprint density at radius 1 is 0.872 bits per heavy atom. The first kappa shape index (κ1) is 33.8. The van der Waals surface area contributed by atoms with E-state index in [1.165, 1.54) is 35.2 Å². The fraction of sp³-hybridized carbons (Fsp3) is 0.257. The van der Waals surface area contributed by atoms with E-state index in [9.17, 15) is 28.1 Å². The highest BCUT2D eigenvalue weighted by molar-refractivity contribution is 9.10. The molecule has 0 aromatic heterocycles. The lowest BCUT2D eigenvalue weighted by Crippen LogP contribution is -2.54. The standard InChI is InChI=1S/C35H35BrN4O6S/c36-28-20-18-27(19-21-28)24-38(33(22-26-10-3-1-4-11-26)35(42)37-29-12-7-8-13-29)34(41)25-39(30-14-9-15-31(23-30)40(43)44)47(45,46)32-16-5-2-6-17-32/h1-6,9-11,14-21,23,29,33H,7-8,12-13,22,24-25H2,(H,37,42)/t33-/m0/s1. The molecule has 1 atom stereocenters. The summed E-state index contributed by atoms with van der Waals surface area (Å²) in [6.07, 6.45) is 3.90. The summed E-state index contributed by atoms with van der Waals surface area (Å²) < 4.78 is 29.9. The first-order chi connectivity index (χ1) is 22.6. The molecule has 4 aromatic carbocycles. The molecule has 0 unspecified atom stereocenters. The summed E-state index contributed by atoms with van der Waals surface area (Å²) >= 11 is 3.44. The first-order valence-corrected chi connectivity index (χ1v) is 17.6. The number of amides is 2. The number of nitro benzene ring substituents is 1. The van der Waals surface area contributed by atoms with Crippen LogP contribution in [0.25, 0.3) is 0 Å². The molecular weight excluding hydrogens is 684 g/mol. The fourth-order valence-corrected chi connectivity index (χ4v) is 7.41. The molecule has 1 fully saturated rings. The molecule has 0 radical (unpaired) electrons. The molecule has 1 aliphatic rings. The number of carbonyl (C=O) groups excluding carboxylic acids is 2. The SMILES string of the molecule is O=C(NC1CCCC1)[C@H](Cc1ccccc1)N(Cc1ccc(Br)cc1)C(=O)CN(c1cccc([N+](=O)[O-])c1)S(=O)(=O)c1ccccc1. The predicted molar refractivity (Wildman–Crippen MR) is 183 cm³/mol. The van der Waals surface area contributed by atoms with Crippen LogP contribution in [0.2, 0.25) is 0 Å². The summed E-state index contributed by atoms with van der Waals surface area (Å²) in [6, 6.07) is 28.4. The smallest absolute Gasteiger partial charge is 0.271 e. The molecule has 4 aromatic rings. The lowest BCUT2D eigenvalue weighted by atomic mass is 10.0. The minimum absolute atomic E-state index is 0.00905. The number of nitrogens with zero attached hydrogens (tertiary/aromatic N) is 3. The number of benzene rings is 4. The molecule has 5 rings (SSSR count). The van der Waals surface area contributed by atoms with Crippen molar-refractivity contribution >= 4 is 49.1 Å². The Morgan fingerprint density at radius 2 is 1.51 bits per heavy atom. The van der Waals surface area contributed by atoms with E-state index in [-0.39, 0.29) is 41.2 Å². The maximum absolute atomic E-state index is 14.6. The minimum Gasteiger partial charge on any atom is -0.352 e. The second kappa shape index (κ2) is 15.4. The molecule has 0 bridgehead atoms. The second-order valence-electron chi connectivity index (χ2n) is 11.4. The monoisotopic (exact) mass is 718 g/mol. The van der Waals surface area contributed by atoms with Gasteiger partial charge >= 0.3 is 0 Å². The highest BCUT2D eigenvalue weighted by Gasteiger charge is 2.36. The number of sulfonamides is 1. The van der Waals surface area contributed by atoms with Gasteiger partial charge in [-0.25, -0.2) is 8.42 Å². The zero-order chi connectivity index (χ0) is 33.4. The Balaban J connectivity index is 1.58. The van der Waals surface area contributed by atoms with Crippen molar-refractivity contribution in [1.29, 1.82) is 0 Å². The first-order valence-electron chi connectivity index (χ1n) is 15.3. The van der Waals surface area contributed by atoms with E-state index in [1.807, 2.05) is 54.6 Å².